The molecular formula is C18H21N2O4S+. The van der Waals surface area contributed by atoms with Crippen LogP contribution in [0.1, 0.15) is 24.1 Å². The average molecular weight is 361 g/mol. The molecule has 1 unspecified atom stereocenters. The molecule has 2 rings (SSSR count). The zero-order chi connectivity index (χ0) is 18.4. The van der Waals surface area contributed by atoms with Crippen molar-refractivity contribution in [2.45, 2.75) is 31.7 Å². The quantitative estimate of drug-likeness (QED) is 0.449. The first-order chi connectivity index (χ1) is 11.8. The maximum atomic E-state index is 12.4. The molecule has 0 radical (unpaired) electrons. The molecule has 0 bridgehead atoms. The maximum absolute atomic E-state index is 12.4. The van der Waals surface area contributed by atoms with E-state index in [9.17, 15) is 13.2 Å². The molecule has 25 heavy (non-hydrogen) atoms. The Hall–Kier alpha value is -2.54. The van der Waals surface area contributed by atoms with Crippen molar-refractivity contribution < 1.29 is 22.5 Å². The molecule has 1 aromatic heterocycles. The van der Waals surface area contributed by atoms with E-state index in [4.69, 9.17) is 4.74 Å². The number of carbonyl (C=O) groups excluding carboxylic acids is 1. The summed E-state index contributed by atoms with van der Waals surface area (Å²) in [6.45, 7) is 5.67. The van der Waals surface area contributed by atoms with Gasteiger partial charge in [0, 0.05) is 12.1 Å². The van der Waals surface area contributed by atoms with Crippen LogP contribution in [0.25, 0.3) is 0 Å². The molecule has 1 atom stereocenters. The highest BCUT2D eigenvalue weighted by Gasteiger charge is 2.28. The molecule has 1 aromatic carbocycles. The number of benzene rings is 1. The number of hydrogen-bond acceptors (Lipinski definition) is 4. The normalized spacial score (nSPS) is 12.9. The van der Waals surface area contributed by atoms with Gasteiger partial charge in [0.1, 0.15) is 0 Å². The number of nitrogens with zero attached hydrogens (tertiary/aromatic N) is 2. The SMILES string of the molecule is CCOC(=O)C(/C=N/S(=O)(=O)c1ccc(C)cc1)[n+]1ccc(C)cc1. The van der Waals surface area contributed by atoms with Gasteiger partial charge in [-0.15, -0.1) is 0 Å². The van der Waals surface area contributed by atoms with Crippen molar-refractivity contribution >= 4 is 22.2 Å². The van der Waals surface area contributed by atoms with Gasteiger partial charge in [0.2, 0.25) is 0 Å². The van der Waals surface area contributed by atoms with Crippen LogP contribution in [0.2, 0.25) is 0 Å². The van der Waals surface area contributed by atoms with E-state index in [1.54, 1.807) is 36.0 Å². The maximum Gasteiger partial charge on any atom is 0.382 e. The Morgan fingerprint density at radius 2 is 1.68 bits per heavy atom. The number of hydrogen-bond donors (Lipinski definition) is 0. The molecule has 6 nitrogen and oxygen atoms in total. The Labute approximate surface area is 147 Å². The summed E-state index contributed by atoms with van der Waals surface area (Å²) >= 11 is 0. The molecule has 132 valence electrons. The Kier molecular flexibility index (Phi) is 6.03. The number of pyridine rings is 1. The number of aromatic nitrogens is 1. The van der Waals surface area contributed by atoms with Crippen molar-refractivity contribution in [3.8, 4) is 0 Å². The lowest BCUT2D eigenvalue weighted by atomic mass is 10.2. The van der Waals surface area contributed by atoms with E-state index >= 15 is 0 Å². The second-order valence-corrected chi connectivity index (χ2v) is 7.19. The van der Waals surface area contributed by atoms with Crippen LogP contribution >= 0.6 is 0 Å². The summed E-state index contributed by atoms with van der Waals surface area (Å²) in [5.41, 5.74) is 1.96. The van der Waals surface area contributed by atoms with Crippen molar-refractivity contribution in [1.82, 2.24) is 0 Å². The zero-order valence-electron chi connectivity index (χ0n) is 14.4. The van der Waals surface area contributed by atoms with Gasteiger partial charge < -0.3 is 4.74 Å². The van der Waals surface area contributed by atoms with E-state index in [0.717, 1.165) is 17.3 Å². The van der Waals surface area contributed by atoms with E-state index in [1.807, 2.05) is 26.0 Å². The molecule has 2 aromatic rings. The van der Waals surface area contributed by atoms with Gasteiger partial charge in [-0.05, 0) is 38.5 Å². The number of esters is 1. The molecule has 0 aliphatic heterocycles. The summed E-state index contributed by atoms with van der Waals surface area (Å²) in [6, 6.07) is 9.03. The Balaban J connectivity index is 2.34. The highest BCUT2D eigenvalue weighted by molar-refractivity contribution is 7.90. The van der Waals surface area contributed by atoms with Gasteiger partial charge in [-0.1, -0.05) is 17.7 Å². The number of carbonyl (C=O) groups is 1. The Bertz CT molecular complexity index is 857. The highest BCUT2D eigenvalue weighted by atomic mass is 32.2. The van der Waals surface area contributed by atoms with Crippen LogP contribution in [0.3, 0.4) is 0 Å². The fourth-order valence-electron chi connectivity index (χ4n) is 2.09. The third kappa shape index (κ3) is 4.96. The Morgan fingerprint density at radius 1 is 1.12 bits per heavy atom. The van der Waals surface area contributed by atoms with Crippen LogP contribution in [0.5, 0.6) is 0 Å². The molecular weight excluding hydrogens is 340 g/mol. The predicted octanol–water partition coefficient (Wildman–Crippen LogP) is 2.15. The van der Waals surface area contributed by atoms with Gasteiger partial charge >= 0.3 is 5.97 Å². The number of sulfonamides is 1. The molecule has 0 amide bonds. The minimum atomic E-state index is -3.89. The van der Waals surface area contributed by atoms with Crippen molar-refractivity contribution in [2.75, 3.05) is 6.61 Å². The summed E-state index contributed by atoms with van der Waals surface area (Å²) in [7, 11) is -3.89. The van der Waals surface area contributed by atoms with E-state index in [0.29, 0.717) is 0 Å². The lowest BCUT2D eigenvalue weighted by molar-refractivity contribution is -0.694. The first kappa shape index (κ1) is 18.8. The summed E-state index contributed by atoms with van der Waals surface area (Å²) in [6.07, 6.45) is 4.46. The first-order valence-corrected chi connectivity index (χ1v) is 9.28. The molecule has 0 spiro atoms. The third-order valence-corrected chi connectivity index (χ3v) is 4.80. The smallest absolute Gasteiger partial charge is 0.382 e. The molecule has 0 fully saturated rings. The van der Waals surface area contributed by atoms with Crippen LogP contribution < -0.4 is 4.57 Å². The van der Waals surface area contributed by atoms with Crippen molar-refractivity contribution in [1.29, 1.82) is 0 Å². The van der Waals surface area contributed by atoms with Crippen LogP contribution in [0.4, 0.5) is 0 Å². The van der Waals surface area contributed by atoms with Crippen LogP contribution in [0, 0.1) is 13.8 Å². The summed E-state index contributed by atoms with van der Waals surface area (Å²) in [5, 5.41) is 0. The molecule has 0 saturated carbocycles. The molecule has 0 N–H and O–H groups in total. The lowest BCUT2D eigenvalue weighted by Crippen LogP contribution is -2.45. The van der Waals surface area contributed by atoms with Gasteiger partial charge in [-0.2, -0.15) is 17.4 Å². The van der Waals surface area contributed by atoms with Gasteiger partial charge in [0.25, 0.3) is 16.1 Å². The summed E-state index contributed by atoms with van der Waals surface area (Å²) < 4.78 is 35.0. The number of aryl methyl sites for hydroxylation is 2. The van der Waals surface area contributed by atoms with Gasteiger partial charge in [-0.25, -0.2) is 4.79 Å². The van der Waals surface area contributed by atoms with Gasteiger partial charge in [0.05, 0.1) is 17.7 Å². The van der Waals surface area contributed by atoms with E-state index < -0.39 is 22.0 Å². The van der Waals surface area contributed by atoms with Crippen LogP contribution in [-0.4, -0.2) is 27.2 Å². The fourth-order valence-corrected chi connectivity index (χ4v) is 2.97. The van der Waals surface area contributed by atoms with Crippen LogP contribution in [0.15, 0.2) is 58.1 Å². The summed E-state index contributed by atoms with van der Waals surface area (Å²) in [5.74, 6) is -0.570. The largest absolute Gasteiger partial charge is 0.461 e. The second-order valence-electron chi connectivity index (χ2n) is 5.56. The predicted molar refractivity (Wildman–Crippen MR) is 93.9 cm³/mol. The standard InChI is InChI=1S/C18H21N2O4S/c1-4-24-18(21)17(20-11-9-15(3)10-12-20)13-19-25(22,23)16-7-5-14(2)6-8-16/h5-13,17H,4H2,1-3H3/q+1/b19-13+. The van der Waals surface area contributed by atoms with Crippen LogP contribution in [-0.2, 0) is 19.6 Å². The first-order valence-electron chi connectivity index (χ1n) is 7.84. The lowest BCUT2D eigenvalue weighted by Gasteiger charge is -2.07. The molecule has 0 aliphatic carbocycles. The topological polar surface area (TPSA) is 76.7 Å². The number of rotatable bonds is 6. The van der Waals surface area contributed by atoms with Crippen molar-refractivity contribution in [3.05, 3.63) is 59.9 Å². The van der Waals surface area contributed by atoms with Crippen molar-refractivity contribution in [2.24, 2.45) is 4.40 Å². The van der Waals surface area contributed by atoms with E-state index in [-0.39, 0.29) is 11.5 Å². The summed E-state index contributed by atoms with van der Waals surface area (Å²) in [4.78, 5) is 12.3. The van der Waals surface area contributed by atoms with Crippen molar-refractivity contribution in [3.63, 3.8) is 0 Å². The highest BCUT2D eigenvalue weighted by Crippen LogP contribution is 2.13. The minimum Gasteiger partial charge on any atom is -0.461 e. The molecule has 0 aliphatic rings. The fraction of sp³-hybridized carbons (Fsp3) is 0.278. The van der Waals surface area contributed by atoms with Gasteiger partial charge in [-0.3, -0.25) is 0 Å². The zero-order valence-corrected chi connectivity index (χ0v) is 15.2. The molecule has 1 heterocycles. The average Bonchev–Trinajstić information content (AvgIpc) is 2.57. The molecule has 0 saturated heterocycles. The second kappa shape index (κ2) is 8.02. The number of ether oxygens (including phenoxy) is 1. The monoisotopic (exact) mass is 361 g/mol. The molecule has 7 heteroatoms. The van der Waals surface area contributed by atoms with E-state index in [2.05, 4.69) is 4.40 Å². The van der Waals surface area contributed by atoms with Gasteiger partial charge in [0.15, 0.2) is 12.4 Å². The minimum absolute atomic E-state index is 0.0749. The third-order valence-electron chi connectivity index (χ3n) is 3.53. The Morgan fingerprint density at radius 3 is 2.24 bits per heavy atom. The van der Waals surface area contributed by atoms with E-state index in [1.165, 1.54) is 12.1 Å².